The van der Waals surface area contributed by atoms with Gasteiger partial charge >= 0.3 is 6.03 Å². The number of carbonyl (C=O) groups excluding carboxylic acids is 2. The van der Waals surface area contributed by atoms with Gasteiger partial charge in [-0.25, -0.2) is 4.79 Å². The number of urea groups is 1. The van der Waals surface area contributed by atoms with Gasteiger partial charge in [-0.3, -0.25) is 4.79 Å². The first-order chi connectivity index (χ1) is 15.1. The molecule has 0 aromatic heterocycles. The Balaban J connectivity index is 2.34. The molecule has 2 unspecified atom stereocenters. The standard InChI is InChI=1S/C23H37N3O6/c1-23(2,3)25-22(28)26-13-16(17(14-26)21(27)24-9-8-10-29-4)15-11-18(30-5)20(32-7)19(12-15)31-6/h11-12,16-17H,8-10,13-14H2,1-7H3,(H,24,27)(H,25,28). The van der Waals surface area contributed by atoms with Crippen molar-refractivity contribution in [3.63, 3.8) is 0 Å². The first-order valence-electron chi connectivity index (χ1n) is 10.8. The smallest absolute Gasteiger partial charge is 0.317 e. The third-order valence-electron chi connectivity index (χ3n) is 5.37. The van der Waals surface area contributed by atoms with Crippen LogP contribution in [-0.4, -0.2) is 77.1 Å². The zero-order chi connectivity index (χ0) is 23.9. The van der Waals surface area contributed by atoms with Crippen molar-refractivity contribution >= 4 is 11.9 Å². The highest BCUT2D eigenvalue weighted by Crippen LogP contribution is 2.43. The quantitative estimate of drug-likeness (QED) is 0.560. The number of nitrogens with zero attached hydrogens (tertiary/aromatic N) is 1. The van der Waals surface area contributed by atoms with Crippen LogP contribution in [-0.2, 0) is 9.53 Å². The van der Waals surface area contributed by atoms with E-state index in [1.807, 2.05) is 32.9 Å². The van der Waals surface area contributed by atoms with E-state index in [1.54, 1.807) is 33.3 Å². The molecular weight excluding hydrogens is 414 g/mol. The van der Waals surface area contributed by atoms with Crippen molar-refractivity contribution in [3.05, 3.63) is 17.7 Å². The monoisotopic (exact) mass is 451 g/mol. The van der Waals surface area contributed by atoms with Crippen molar-refractivity contribution in [1.82, 2.24) is 15.5 Å². The number of benzene rings is 1. The topological polar surface area (TPSA) is 98.4 Å². The van der Waals surface area contributed by atoms with Gasteiger partial charge in [0.15, 0.2) is 11.5 Å². The van der Waals surface area contributed by atoms with Crippen molar-refractivity contribution in [3.8, 4) is 17.2 Å². The average molecular weight is 452 g/mol. The molecule has 1 aromatic carbocycles. The minimum Gasteiger partial charge on any atom is -0.493 e. The molecule has 2 rings (SSSR count). The lowest BCUT2D eigenvalue weighted by atomic mass is 9.88. The third-order valence-corrected chi connectivity index (χ3v) is 5.37. The first-order valence-corrected chi connectivity index (χ1v) is 10.8. The fourth-order valence-electron chi connectivity index (χ4n) is 3.85. The van der Waals surface area contributed by atoms with Crippen LogP contribution >= 0.6 is 0 Å². The molecule has 0 radical (unpaired) electrons. The number of ether oxygens (including phenoxy) is 4. The number of nitrogens with one attached hydrogen (secondary N) is 2. The van der Waals surface area contributed by atoms with E-state index in [9.17, 15) is 9.59 Å². The fourth-order valence-corrected chi connectivity index (χ4v) is 3.85. The first kappa shape index (κ1) is 25.6. The van der Waals surface area contributed by atoms with E-state index in [2.05, 4.69) is 10.6 Å². The number of methoxy groups -OCH3 is 4. The minimum atomic E-state index is -0.411. The van der Waals surface area contributed by atoms with Crippen LogP contribution < -0.4 is 24.8 Å². The van der Waals surface area contributed by atoms with Crippen molar-refractivity contribution < 1.29 is 28.5 Å². The fraction of sp³-hybridized carbons (Fsp3) is 0.652. The predicted octanol–water partition coefficient (Wildman–Crippen LogP) is 2.39. The Bertz CT molecular complexity index is 767. The second-order valence-electron chi connectivity index (χ2n) is 8.89. The van der Waals surface area contributed by atoms with Gasteiger partial charge in [0.25, 0.3) is 0 Å². The van der Waals surface area contributed by atoms with Crippen LogP contribution in [0.5, 0.6) is 17.2 Å². The van der Waals surface area contributed by atoms with Gasteiger partial charge in [0, 0.05) is 44.8 Å². The molecule has 0 bridgehead atoms. The Kier molecular flexibility index (Phi) is 9.00. The number of amides is 3. The zero-order valence-electron chi connectivity index (χ0n) is 20.2. The largest absolute Gasteiger partial charge is 0.493 e. The van der Waals surface area contributed by atoms with Crippen LogP contribution in [0.4, 0.5) is 4.79 Å². The number of hydrogen-bond donors (Lipinski definition) is 2. The molecule has 2 N–H and O–H groups in total. The molecule has 1 aliphatic rings. The second kappa shape index (κ2) is 11.3. The summed E-state index contributed by atoms with van der Waals surface area (Å²) < 4.78 is 21.5. The molecule has 1 aliphatic heterocycles. The Hall–Kier alpha value is -2.68. The van der Waals surface area contributed by atoms with Crippen LogP contribution in [0, 0.1) is 5.92 Å². The number of likely N-dealkylation sites (tertiary alicyclic amines) is 1. The lowest BCUT2D eigenvalue weighted by Gasteiger charge is -2.25. The summed E-state index contributed by atoms with van der Waals surface area (Å²) in [5.41, 5.74) is 0.474. The third kappa shape index (κ3) is 6.41. The second-order valence-corrected chi connectivity index (χ2v) is 8.89. The highest BCUT2D eigenvalue weighted by atomic mass is 16.5. The van der Waals surface area contributed by atoms with Gasteiger partial charge in [0.1, 0.15) is 0 Å². The SMILES string of the molecule is COCCCNC(=O)C1CN(C(=O)NC(C)(C)C)CC1c1cc(OC)c(OC)c(OC)c1. The maximum absolute atomic E-state index is 13.1. The maximum atomic E-state index is 13.1. The van der Waals surface area contributed by atoms with Crippen molar-refractivity contribution in [2.24, 2.45) is 5.92 Å². The van der Waals surface area contributed by atoms with E-state index in [4.69, 9.17) is 18.9 Å². The van der Waals surface area contributed by atoms with Gasteiger partial charge in [-0.05, 0) is 44.9 Å². The van der Waals surface area contributed by atoms with Crippen LogP contribution in [0.25, 0.3) is 0 Å². The number of rotatable bonds is 9. The van der Waals surface area contributed by atoms with Crippen molar-refractivity contribution in [1.29, 1.82) is 0 Å². The maximum Gasteiger partial charge on any atom is 0.317 e. The molecule has 1 fully saturated rings. The average Bonchev–Trinajstić information content (AvgIpc) is 3.20. The lowest BCUT2D eigenvalue weighted by Crippen LogP contribution is -2.48. The van der Waals surface area contributed by atoms with Crippen molar-refractivity contribution in [2.75, 3.05) is 54.7 Å². The van der Waals surface area contributed by atoms with Crippen LogP contribution in [0.15, 0.2) is 12.1 Å². The van der Waals surface area contributed by atoms with E-state index in [0.29, 0.717) is 43.5 Å². The molecule has 1 aromatic rings. The van der Waals surface area contributed by atoms with Gasteiger partial charge < -0.3 is 34.5 Å². The molecule has 2 atom stereocenters. The Morgan fingerprint density at radius 3 is 2.16 bits per heavy atom. The molecule has 0 saturated carbocycles. The van der Waals surface area contributed by atoms with E-state index in [0.717, 1.165) is 12.0 Å². The van der Waals surface area contributed by atoms with Crippen LogP contribution in [0.3, 0.4) is 0 Å². The summed E-state index contributed by atoms with van der Waals surface area (Å²) in [4.78, 5) is 27.6. The lowest BCUT2D eigenvalue weighted by molar-refractivity contribution is -0.124. The Morgan fingerprint density at radius 2 is 1.66 bits per heavy atom. The summed E-state index contributed by atoms with van der Waals surface area (Å²) in [6.45, 7) is 7.59. The Labute approximate surface area is 190 Å². The normalized spacial score (nSPS) is 18.3. The molecule has 0 spiro atoms. The highest BCUT2D eigenvalue weighted by molar-refractivity contribution is 5.83. The molecule has 1 saturated heterocycles. The molecule has 180 valence electrons. The molecule has 9 nitrogen and oxygen atoms in total. The van der Waals surface area contributed by atoms with Gasteiger partial charge in [-0.1, -0.05) is 0 Å². The molecule has 3 amide bonds. The van der Waals surface area contributed by atoms with Crippen LogP contribution in [0.2, 0.25) is 0 Å². The molecule has 1 heterocycles. The van der Waals surface area contributed by atoms with E-state index in [1.165, 1.54) is 0 Å². The van der Waals surface area contributed by atoms with Gasteiger partial charge in [0.2, 0.25) is 11.7 Å². The van der Waals surface area contributed by atoms with E-state index < -0.39 is 5.92 Å². The summed E-state index contributed by atoms with van der Waals surface area (Å²) in [6, 6.07) is 3.51. The summed E-state index contributed by atoms with van der Waals surface area (Å²) in [7, 11) is 6.28. The van der Waals surface area contributed by atoms with E-state index >= 15 is 0 Å². The highest BCUT2D eigenvalue weighted by Gasteiger charge is 2.41. The van der Waals surface area contributed by atoms with Crippen molar-refractivity contribution in [2.45, 2.75) is 38.6 Å². The summed E-state index contributed by atoms with van der Waals surface area (Å²) >= 11 is 0. The van der Waals surface area contributed by atoms with Gasteiger partial charge in [-0.15, -0.1) is 0 Å². The van der Waals surface area contributed by atoms with Crippen LogP contribution in [0.1, 0.15) is 38.7 Å². The van der Waals surface area contributed by atoms with E-state index in [-0.39, 0.29) is 23.4 Å². The molecule has 32 heavy (non-hydrogen) atoms. The molecule has 0 aliphatic carbocycles. The molecule has 9 heteroatoms. The minimum absolute atomic E-state index is 0.0917. The number of carbonyl (C=O) groups is 2. The number of hydrogen-bond acceptors (Lipinski definition) is 6. The Morgan fingerprint density at radius 1 is 1.03 bits per heavy atom. The summed E-state index contributed by atoms with van der Waals surface area (Å²) in [6.07, 6.45) is 0.720. The van der Waals surface area contributed by atoms with Gasteiger partial charge in [0.05, 0.1) is 27.2 Å². The molecular formula is C23H37N3O6. The summed E-state index contributed by atoms with van der Waals surface area (Å²) in [5.74, 6) is 0.783. The summed E-state index contributed by atoms with van der Waals surface area (Å²) in [5, 5.41) is 5.97. The van der Waals surface area contributed by atoms with Gasteiger partial charge in [-0.2, -0.15) is 0 Å². The zero-order valence-corrected chi connectivity index (χ0v) is 20.2. The predicted molar refractivity (Wildman–Crippen MR) is 122 cm³/mol.